The van der Waals surface area contributed by atoms with Crippen molar-refractivity contribution in [2.24, 2.45) is 5.92 Å². The van der Waals surface area contributed by atoms with Gasteiger partial charge < -0.3 is 0 Å². The Morgan fingerprint density at radius 3 is 2.38 bits per heavy atom. The molecular formula is C6H13NO. The smallest absolute Gasteiger partial charge is 0.0307 e. The molecule has 0 saturated heterocycles. The van der Waals surface area contributed by atoms with Crippen LogP contribution in [0.2, 0.25) is 0 Å². The summed E-state index contributed by atoms with van der Waals surface area (Å²) in [6.45, 7) is 7.70. The molecule has 0 aliphatic heterocycles. The number of rotatable bonds is 3. The van der Waals surface area contributed by atoms with Gasteiger partial charge >= 0.3 is 0 Å². The van der Waals surface area contributed by atoms with E-state index in [0.717, 1.165) is 6.42 Å². The van der Waals surface area contributed by atoms with E-state index in [2.05, 4.69) is 20.4 Å². The second kappa shape index (κ2) is 3.50. The third-order valence-corrected chi connectivity index (χ3v) is 0.813. The summed E-state index contributed by atoms with van der Waals surface area (Å²) in [5.41, 5.74) is 2.68. The van der Waals surface area contributed by atoms with Crippen LogP contribution in [0.3, 0.4) is 0 Å². The second-order valence-electron chi connectivity index (χ2n) is 2.31. The molecule has 0 aromatic heterocycles. The first kappa shape index (κ1) is 7.50. The minimum atomic E-state index is 0.558. The molecule has 2 nitrogen and oxygen atoms in total. The number of hydrogen-bond donors (Lipinski definition) is 2. The van der Waals surface area contributed by atoms with Crippen molar-refractivity contribution in [3.05, 3.63) is 12.3 Å². The van der Waals surface area contributed by atoms with E-state index in [9.17, 15) is 0 Å². The monoisotopic (exact) mass is 115 g/mol. The highest BCUT2D eigenvalue weighted by molar-refractivity contribution is 4.87. The maximum absolute atomic E-state index is 8.23. The van der Waals surface area contributed by atoms with Gasteiger partial charge in [0.25, 0.3) is 0 Å². The Morgan fingerprint density at radius 2 is 2.25 bits per heavy atom. The number of hydroxylamine groups is 1. The van der Waals surface area contributed by atoms with E-state index in [4.69, 9.17) is 5.21 Å². The summed E-state index contributed by atoms with van der Waals surface area (Å²) in [6, 6.07) is 0. The van der Waals surface area contributed by atoms with Gasteiger partial charge in [0.2, 0.25) is 0 Å². The zero-order valence-electron chi connectivity index (χ0n) is 5.44. The van der Waals surface area contributed by atoms with Crippen molar-refractivity contribution in [2.75, 3.05) is 0 Å². The van der Waals surface area contributed by atoms with E-state index in [1.54, 1.807) is 0 Å². The summed E-state index contributed by atoms with van der Waals surface area (Å²) in [5.74, 6) is 0.558. The van der Waals surface area contributed by atoms with E-state index < -0.39 is 0 Å². The van der Waals surface area contributed by atoms with Crippen LogP contribution >= 0.6 is 0 Å². The highest BCUT2D eigenvalue weighted by atomic mass is 16.5. The molecule has 48 valence electrons. The van der Waals surface area contributed by atoms with Gasteiger partial charge in [-0.2, -0.15) is 0 Å². The van der Waals surface area contributed by atoms with E-state index >= 15 is 0 Å². The van der Waals surface area contributed by atoms with Crippen LogP contribution in [-0.4, -0.2) is 5.21 Å². The van der Waals surface area contributed by atoms with Gasteiger partial charge in [-0.25, -0.2) is 0 Å². The number of allylic oxidation sites excluding steroid dienone is 1. The van der Waals surface area contributed by atoms with Crippen LogP contribution in [-0.2, 0) is 0 Å². The van der Waals surface area contributed by atoms with Gasteiger partial charge in [0, 0.05) is 5.70 Å². The van der Waals surface area contributed by atoms with Crippen molar-refractivity contribution in [3.63, 3.8) is 0 Å². The van der Waals surface area contributed by atoms with Crippen molar-refractivity contribution in [3.8, 4) is 0 Å². The Hall–Kier alpha value is -0.500. The normalized spacial score (nSPS) is 9.50. The maximum atomic E-state index is 8.23. The summed E-state index contributed by atoms with van der Waals surface area (Å²) in [6.07, 6.45) is 0.830. The Morgan fingerprint density at radius 1 is 1.75 bits per heavy atom. The van der Waals surface area contributed by atoms with Crippen molar-refractivity contribution in [1.82, 2.24) is 5.48 Å². The molecule has 0 heterocycles. The molecule has 0 unspecified atom stereocenters. The number of hydrogen-bond acceptors (Lipinski definition) is 2. The SMILES string of the molecule is C=C(CC(C)C)NO. The van der Waals surface area contributed by atoms with Gasteiger partial charge in [-0.15, -0.1) is 0 Å². The standard InChI is InChI=1S/C6H13NO/c1-5(2)4-6(3)7-8/h5,7-8H,3-4H2,1-2H3. The first-order chi connectivity index (χ1) is 3.66. The van der Waals surface area contributed by atoms with Crippen LogP contribution in [0, 0.1) is 5.92 Å². The van der Waals surface area contributed by atoms with E-state index in [0.29, 0.717) is 11.6 Å². The first-order valence-corrected chi connectivity index (χ1v) is 2.74. The van der Waals surface area contributed by atoms with Gasteiger partial charge in [0.05, 0.1) is 0 Å². The average Bonchev–Trinajstić information content (AvgIpc) is 1.65. The summed E-state index contributed by atoms with van der Waals surface area (Å²) in [4.78, 5) is 0. The summed E-state index contributed by atoms with van der Waals surface area (Å²) < 4.78 is 0. The van der Waals surface area contributed by atoms with Gasteiger partial charge in [-0.3, -0.25) is 10.7 Å². The van der Waals surface area contributed by atoms with Gasteiger partial charge in [0.15, 0.2) is 0 Å². The minimum Gasteiger partial charge on any atom is -0.291 e. The molecule has 0 spiro atoms. The molecule has 0 rings (SSSR count). The zero-order chi connectivity index (χ0) is 6.57. The van der Waals surface area contributed by atoms with E-state index in [1.165, 1.54) is 0 Å². The summed E-state index contributed by atoms with van der Waals surface area (Å²) >= 11 is 0. The summed E-state index contributed by atoms with van der Waals surface area (Å²) in [7, 11) is 0. The second-order valence-corrected chi connectivity index (χ2v) is 2.31. The van der Waals surface area contributed by atoms with Crippen LogP contribution in [0.25, 0.3) is 0 Å². The largest absolute Gasteiger partial charge is 0.291 e. The predicted molar refractivity (Wildman–Crippen MR) is 33.5 cm³/mol. The Labute approximate surface area is 50.2 Å². The maximum Gasteiger partial charge on any atom is 0.0307 e. The Kier molecular flexibility index (Phi) is 3.28. The van der Waals surface area contributed by atoms with Crippen LogP contribution in [0.4, 0.5) is 0 Å². The lowest BCUT2D eigenvalue weighted by molar-refractivity contribution is 0.193. The molecule has 0 atom stereocenters. The average molecular weight is 115 g/mol. The molecular weight excluding hydrogens is 102 g/mol. The molecule has 8 heavy (non-hydrogen) atoms. The van der Waals surface area contributed by atoms with Crippen molar-refractivity contribution < 1.29 is 5.21 Å². The number of nitrogens with one attached hydrogen (secondary N) is 1. The fraction of sp³-hybridized carbons (Fsp3) is 0.667. The molecule has 2 N–H and O–H groups in total. The van der Waals surface area contributed by atoms with E-state index in [-0.39, 0.29) is 0 Å². The molecule has 0 fully saturated rings. The molecule has 0 aromatic rings. The van der Waals surface area contributed by atoms with Crippen molar-refractivity contribution in [1.29, 1.82) is 0 Å². The first-order valence-electron chi connectivity index (χ1n) is 2.74. The van der Waals surface area contributed by atoms with Crippen LogP contribution in [0.15, 0.2) is 12.3 Å². The lowest BCUT2D eigenvalue weighted by Gasteiger charge is -2.04. The van der Waals surface area contributed by atoms with Crippen molar-refractivity contribution in [2.45, 2.75) is 20.3 Å². The fourth-order valence-electron chi connectivity index (χ4n) is 0.538. The molecule has 2 heteroatoms. The third kappa shape index (κ3) is 3.68. The molecule has 0 bridgehead atoms. The third-order valence-electron chi connectivity index (χ3n) is 0.813. The zero-order valence-corrected chi connectivity index (χ0v) is 5.44. The highest BCUT2D eigenvalue weighted by Gasteiger charge is 1.94. The van der Waals surface area contributed by atoms with Crippen LogP contribution in [0.1, 0.15) is 20.3 Å². The topological polar surface area (TPSA) is 32.3 Å². The van der Waals surface area contributed by atoms with Gasteiger partial charge in [0.1, 0.15) is 0 Å². The molecule has 0 aliphatic rings. The molecule has 0 saturated carbocycles. The lowest BCUT2D eigenvalue weighted by Crippen LogP contribution is -2.07. The molecule has 0 radical (unpaired) electrons. The predicted octanol–water partition coefficient (Wildman–Crippen LogP) is 1.52. The minimum absolute atomic E-state index is 0.558. The molecule has 0 aliphatic carbocycles. The van der Waals surface area contributed by atoms with Crippen LogP contribution < -0.4 is 5.48 Å². The van der Waals surface area contributed by atoms with Crippen molar-refractivity contribution >= 4 is 0 Å². The van der Waals surface area contributed by atoms with Gasteiger partial charge in [-0.05, 0) is 12.3 Å². The highest BCUT2D eigenvalue weighted by Crippen LogP contribution is 2.03. The Balaban J connectivity index is 3.25. The van der Waals surface area contributed by atoms with Crippen LogP contribution in [0.5, 0.6) is 0 Å². The molecule has 0 amide bonds. The molecule has 0 aromatic carbocycles. The van der Waals surface area contributed by atoms with Gasteiger partial charge in [-0.1, -0.05) is 20.4 Å². The van der Waals surface area contributed by atoms with E-state index in [1.807, 2.05) is 5.48 Å². The Bertz CT molecular complexity index is 78.6. The quantitative estimate of drug-likeness (QED) is 0.546. The fourth-order valence-corrected chi connectivity index (χ4v) is 0.538. The lowest BCUT2D eigenvalue weighted by atomic mass is 10.1. The summed E-state index contributed by atoms with van der Waals surface area (Å²) in [5, 5.41) is 8.23.